The van der Waals surface area contributed by atoms with Gasteiger partial charge in [-0.1, -0.05) is 12.1 Å². The van der Waals surface area contributed by atoms with Crippen molar-refractivity contribution in [1.29, 1.82) is 0 Å². The van der Waals surface area contributed by atoms with Gasteiger partial charge in [-0.3, -0.25) is 9.69 Å². The van der Waals surface area contributed by atoms with E-state index < -0.39 is 0 Å². The summed E-state index contributed by atoms with van der Waals surface area (Å²) in [4.78, 5) is 16.6. The molecule has 3 rings (SSSR count). The molecule has 0 saturated carbocycles. The molecule has 1 aromatic heterocycles. The van der Waals surface area contributed by atoms with Gasteiger partial charge in [-0.15, -0.1) is 0 Å². The lowest BCUT2D eigenvalue weighted by Crippen LogP contribution is -2.43. The minimum Gasteiger partial charge on any atom is -0.459 e. The molecule has 6 nitrogen and oxygen atoms in total. The molecule has 1 aliphatic rings. The molecule has 134 valence electrons. The lowest BCUT2D eigenvalue weighted by Gasteiger charge is -2.35. The first-order chi connectivity index (χ1) is 12.1. The predicted molar refractivity (Wildman–Crippen MR) is 96.9 cm³/mol. The summed E-state index contributed by atoms with van der Waals surface area (Å²) in [5, 5.41) is 2.99. The molecule has 1 N–H and O–H groups in total. The van der Waals surface area contributed by atoms with Gasteiger partial charge >= 0.3 is 0 Å². The summed E-state index contributed by atoms with van der Waals surface area (Å²) in [5.41, 5.74) is 2.34. The number of carbonyl (C=O) groups excluding carboxylic acids is 1. The summed E-state index contributed by atoms with van der Waals surface area (Å²) in [7, 11) is 4.05. The average Bonchev–Trinajstić information content (AvgIpc) is 3.18. The van der Waals surface area contributed by atoms with Crippen molar-refractivity contribution in [1.82, 2.24) is 10.2 Å². The molecule has 2 heterocycles. The van der Waals surface area contributed by atoms with Gasteiger partial charge < -0.3 is 19.4 Å². The number of ether oxygens (including phenoxy) is 1. The zero-order valence-corrected chi connectivity index (χ0v) is 14.8. The summed E-state index contributed by atoms with van der Waals surface area (Å²) in [6, 6.07) is 12.0. The minimum absolute atomic E-state index is 0.110. The van der Waals surface area contributed by atoms with Gasteiger partial charge in [-0.2, -0.15) is 0 Å². The molecule has 1 aliphatic heterocycles. The van der Waals surface area contributed by atoms with Crippen LogP contribution < -0.4 is 10.2 Å². The number of nitrogens with zero attached hydrogens (tertiary/aromatic N) is 2. The van der Waals surface area contributed by atoms with Crippen LogP contribution in [0.1, 0.15) is 22.2 Å². The summed E-state index contributed by atoms with van der Waals surface area (Å²) >= 11 is 0. The smallest absolute Gasteiger partial charge is 0.287 e. The van der Waals surface area contributed by atoms with Crippen molar-refractivity contribution < 1.29 is 13.9 Å². The van der Waals surface area contributed by atoms with Gasteiger partial charge in [0.1, 0.15) is 0 Å². The second kappa shape index (κ2) is 8.18. The van der Waals surface area contributed by atoms with E-state index in [1.807, 2.05) is 14.1 Å². The van der Waals surface area contributed by atoms with E-state index in [0.717, 1.165) is 32.0 Å². The Hall–Kier alpha value is -2.31. The Morgan fingerprint density at radius 2 is 1.92 bits per heavy atom. The van der Waals surface area contributed by atoms with Crippen molar-refractivity contribution >= 4 is 11.6 Å². The van der Waals surface area contributed by atoms with Crippen LogP contribution in [0.3, 0.4) is 0 Å². The van der Waals surface area contributed by atoms with Crippen LogP contribution in [-0.2, 0) is 4.74 Å². The van der Waals surface area contributed by atoms with E-state index >= 15 is 0 Å². The molecule has 0 radical (unpaired) electrons. The maximum absolute atomic E-state index is 12.2. The first kappa shape index (κ1) is 17.5. The molecule has 1 saturated heterocycles. The van der Waals surface area contributed by atoms with Crippen molar-refractivity contribution in [2.45, 2.75) is 6.04 Å². The van der Waals surface area contributed by atoms with Crippen LogP contribution >= 0.6 is 0 Å². The highest BCUT2D eigenvalue weighted by Crippen LogP contribution is 2.24. The Morgan fingerprint density at radius 1 is 1.20 bits per heavy atom. The Labute approximate surface area is 148 Å². The van der Waals surface area contributed by atoms with E-state index in [4.69, 9.17) is 9.15 Å². The van der Waals surface area contributed by atoms with Crippen LogP contribution in [-0.4, -0.2) is 57.8 Å². The second-order valence-electron chi connectivity index (χ2n) is 6.34. The van der Waals surface area contributed by atoms with E-state index in [-0.39, 0.29) is 11.9 Å². The highest BCUT2D eigenvalue weighted by Gasteiger charge is 2.23. The van der Waals surface area contributed by atoms with Gasteiger partial charge in [0.15, 0.2) is 5.76 Å². The molecule has 1 fully saturated rings. The molecule has 25 heavy (non-hydrogen) atoms. The number of hydrogen-bond donors (Lipinski definition) is 1. The summed E-state index contributed by atoms with van der Waals surface area (Å²) in [6.07, 6.45) is 1.51. The van der Waals surface area contributed by atoms with Gasteiger partial charge in [0.25, 0.3) is 5.91 Å². The first-order valence-corrected chi connectivity index (χ1v) is 8.56. The molecule has 1 amide bonds. The maximum atomic E-state index is 12.2. The Morgan fingerprint density at radius 3 is 2.52 bits per heavy atom. The number of benzene rings is 1. The predicted octanol–water partition coefficient (Wildman–Crippen LogP) is 2.15. The van der Waals surface area contributed by atoms with Crippen LogP contribution in [0, 0.1) is 0 Å². The van der Waals surface area contributed by atoms with Crippen LogP contribution in [0.15, 0.2) is 47.1 Å². The lowest BCUT2D eigenvalue weighted by molar-refractivity contribution is 0.0161. The standard InChI is InChI=1S/C19H25N3O3/c1-21(2)16-7-5-15(6-8-16)17(22-9-12-24-13-10-22)14-20-19(23)18-4-3-11-25-18/h3-8,11,17H,9-10,12-14H2,1-2H3,(H,20,23)/t17-/m1/s1. The lowest BCUT2D eigenvalue weighted by atomic mass is 10.0. The molecular formula is C19H25N3O3. The van der Waals surface area contributed by atoms with Crippen LogP contribution in [0.5, 0.6) is 0 Å². The van der Waals surface area contributed by atoms with Crippen molar-refractivity contribution in [2.75, 3.05) is 51.8 Å². The first-order valence-electron chi connectivity index (χ1n) is 8.56. The molecule has 0 unspecified atom stereocenters. The molecule has 0 aliphatic carbocycles. The number of rotatable bonds is 6. The molecule has 0 bridgehead atoms. The minimum atomic E-state index is -0.187. The van der Waals surface area contributed by atoms with Crippen LogP contribution in [0.2, 0.25) is 0 Å². The highest BCUT2D eigenvalue weighted by molar-refractivity contribution is 5.91. The number of anilines is 1. The molecule has 6 heteroatoms. The fourth-order valence-corrected chi connectivity index (χ4v) is 3.03. The van der Waals surface area contributed by atoms with E-state index in [1.165, 1.54) is 11.8 Å². The van der Waals surface area contributed by atoms with Crippen LogP contribution in [0.4, 0.5) is 5.69 Å². The average molecular weight is 343 g/mol. The van der Waals surface area contributed by atoms with Gasteiger partial charge in [0.2, 0.25) is 0 Å². The van der Waals surface area contributed by atoms with Crippen molar-refractivity contribution in [2.24, 2.45) is 0 Å². The zero-order valence-electron chi connectivity index (χ0n) is 14.8. The normalized spacial score (nSPS) is 16.4. The summed E-state index contributed by atoms with van der Waals surface area (Å²) in [5.74, 6) is 0.150. The quantitative estimate of drug-likeness (QED) is 0.871. The fraction of sp³-hybridized carbons (Fsp3) is 0.421. The number of amides is 1. The number of hydrogen-bond acceptors (Lipinski definition) is 5. The van der Waals surface area contributed by atoms with Crippen molar-refractivity contribution in [3.05, 3.63) is 54.0 Å². The summed E-state index contributed by atoms with van der Waals surface area (Å²) in [6.45, 7) is 3.69. The molecule has 1 atom stereocenters. The summed E-state index contributed by atoms with van der Waals surface area (Å²) < 4.78 is 10.6. The number of furan rings is 1. The van der Waals surface area contributed by atoms with Crippen molar-refractivity contribution in [3.8, 4) is 0 Å². The fourth-order valence-electron chi connectivity index (χ4n) is 3.03. The molecule has 1 aromatic carbocycles. The highest BCUT2D eigenvalue weighted by atomic mass is 16.5. The van der Waals surface area contributed by atoms with E-state index in [0.29, 0.717) is 12.3 Å². The van der Waals surface area contributed by atoms with Gasteiger partial charge in [0.05, 0.1) is 25.5 Å². The van der Waals surface area contributed by atoms with E-state index in [2.05, 4.69) is 39.4 Å². The number of nitrogens with one attached hydrogen (secondary N) is 1. The van der Waals surface area contributed by atoms with Gasteiger partial charge in [-0.25, -0.2) is 0 Å². The second-order valence-corrected chi connectivity index (χ2v) is 6.34. The third-order valence-electron chi connectivity index (χ3n) is 4.48. The monoisotopic (exact) mass is 343 g/mol. The van der Waals surface area contributed by atoms with Gasteiger partial charge in [-0.05, 0) is 29.8 Å². The largest absolute Gasteiger partial charge is 0.459 e. The zero-order chi connectivity index (χ0) is 17.6. The molecule has 2 aromatic rings. The molecule has 0 spiro atoms. The maximum Gasteiger partial charge on any atom is 0.287 e. The van der Waals surface area contributed by atoms with Crippen LogP contribution in [0.25, 0.3) is 0 Å². The Bertz CT molecular complexity index is 662. The third kappa shape index (κ3) is 4.41. The SMILES string of the molecule is CN(C)c1ccc([C@@H](CNC(=O)c2ccco2)N2CCOCC2)cc1. The van der Waals surface area contributed by atoms with E-state index in [1.54, 1.807) is 12.1 Å². The number of carbonyl (C=O) groups is 1. The molecular weight excluding hydrogens is 318 g/mol. The topological polar surface area (TPSA) is 58.0 Å². The van der Waals surface area contributed by atoms with E-state index in [9.17, 15) is 4.79 Å². The third-order valence-corrected chi connectivity index (χ3v) is 4.48. The Kier molecular flexibility index (Phi) is 5.73. The number of morpholine rings is 1. The van der Waals surface area contributed by atoms with Gasteiger partial charge in [0, 0.05) is 39.4 Å². The van der Waals surface area contributed by atoms with Crippen molar-refractivity contribution in [3.63, 3.8) is 0 Å². The Balaban J connectivity index is 1.73.